The van der Waals surface area contributed by atoms with Crippen LogP contribution in [0, 0.1) is 6.92 Å². The zero-order chi connectivity index (χ0) is 9.42. The second-order valence-electron chi connectivity index (χ2n) is 3.73. The van der Waals surface area contributed by atoms with Crippen molar-refractivity contribution in [2.75, 3.05) is 6.54 Å². The number of fused-ring (bicyclic) bond motifs is 1. The molecule has 0 saturated heterocycles. The summed E-state index contributed by atoms with van der Waals surface area (Å²) in [5, 5.41) is 13.2. The summed E-state index contributed by atoms with van der Waals surface area (Å²) in [5.41, 5.74) is 3.34. The molecule has 2 nitrogen and oxygen atoms in total. The number of phenols is 1. The molecule has 0 saturated carbocycles. The Bertz CT molecular complexity index is 333. The quantitative estimate of drug-likeness (QED) is 0.634. The maximum Gasteiger partial charge on any atom is 0.123 e. The first-order valence-electron chi connectivity index (χ1n) is 4.75. The van der Waals surface area contributed by atoms with E-state index in [1.807, 2.05) is 13.0 Å². The summed E-state index contributed by atoms with van der Waals surface area (Å²) in [6, 6.07) is 4.40. The van der Waals surface area contributed by atoms with Gasteiger partial charge in [-0.15, -0.1) is 0 Å². The Morgan fingerprint density at radius 3 is 3.00 bits per heavy atom. The van der Waals surface area contributed by atoms with Gasteiger partial charge in [-0.2, -0.15) is 0 Å². The zero-order valence-corrected chi connectivity index (χ0v) is 8.09. The van der Waals surface area contributed by atoms with Gasteiger partial charge in [0.05, 0.1) is 0 Å². The number of rotatable bonds is 0. The molecule has 0 radical (unpaired) electrons. The predicted molar refractivity (Wildman–Crippen MR) is 53.0 cm³/mol. The third-order valence-corrected chi connectivity index (χ3v) is 2.79. The number of nitrogens with one attached hydrogen (secondary N) is 1. The van der Waals surface area contributed by atoms with Gasteiger partial charge in [0.15, 0.2) is 0 Å². The summed E-state index contributed by atoms with van der Waals surface area (Å²) in [5.74, 6) is 0.470. The van der Waals surface area contributed by atoms with E-state index in [1.54, 1.807) is 0 Å². The summed E-state index contributed by atoms with van der Waals surface area (Å²) in [7, 11) is 0. The maximum absolute atomic E-state index is 9.87. The van der Waals surface area contributed by atoms with E-state index >= 15 is 0 Å². The smallest absolute Gasteiger partial charge is 0.123 e. The molecular weight excluding hydrogens is 162 g/mol. The Kier molecular flexibility index (Phi) is 2.00. The van der Waals surface area contributed by atoms with Crippen molar-refractivity contribution in [3.8, 4) is 5.75 Å². The Morgan fingerprint density at radius 2 is 2.23 bits per heavy atom. The van der Waals surface area contributed by atoms with Crippen LogP contribution in [0.5, 0.6) is 5.75 Å². The van der Waals surface area contributed by atoms with Gasteiger partial charge in [0.25, 0.3) is 0 Å². The van der Waals surface area contributed by atoms with Gasteiger partial charge < -0.3 is 10.4 Å². The van der Waals surface area contributed by atoms with Gasteiger partial charge in [-0.25, -0.2) is 0 Å². The zero-order valence-electron chi connectivity index (χ0n) is 8.09. The van der Waals surface area contributed by atoms with Gasteiger partial charge in [-0.1, -0.05) is 12.1 Å². The molecule has 1 aliphatic heterocycles. The van der Waals surface area contributed by atoms with Crippen LogP contribution in [0.1, 0.15) is 29.7 Å². The molecule has 0 amide bonds. The summed E-state index contributed by atoms with van der Waals surface area (Å²) in [6.45, 7) is 5.05. The van der Waals surface area contributed by atoms with Crippen molar-refractivity contribution in [2.45, 2.75) is 26.3 Å². The molecule has 70 valence electrons. The fourth-order valence-electron chi connectivity index (χ4n) is 1.99. The fraction of sp³-hybridized carbons (Fsp3) is 0.455. The maximum atomic E-state index is 9.87. The Labute approximate surface area is 78.6 Å². The Balaban J connectivity index is 2.58. The minimum atomic E-state index is 0.281. The topological polar surface area (TPSA) is 32.3 Å². The molecule has 0 fully saturated rings. The standard InChI is InChI=1S/C11H15NO/c1-7-3-4-9-5-6-12-8(2)10(9)11(7)13/h3-4,8,12-13H,5-6H2,1-2H3. The van der Waals surface area contributed by atoms with E-state index in [-0.39, 0.29) is 6.04 Å². The molecule has 2 heteroatoms. The van der Waals surface area contributed by atoms with Gasteiger partial charge in [-0.3, -0.25) is 0 Å². The highest BCUT2D eigenvalue weighted by atomic mass is 16.3. The van der Waals surface area contributed by atoms with E-state index in [2.05, 4.69) is 18.3 Å². The van der Waals surface area contributed by atoms with Crippen LogP contribution in [0.25, 0.3) is 0 Å². The summed E-state index contributed by atoms with van der Waals surface area (Å²) < 4.78 is 0. The van der Waals surface area contributed by atoms with Crippen LogP contribution in [0.4, 0.5) is 0 Å². The number of aryl methyl sites for hydroxylation is 1. The molecule has 1 atom stereocenters. The van der Waals surface area contributed by atoms with Gasteiger partial charge >= 0.3 is 0 Å². The minimum Gasteiger partial charge on any atom is -0.507 e. The van der Waals surface area contributed by atoms with Crippen molar-refractivity contribution in [1.29, 1.82) is 0 Å². The number of hydrogen-bond acceptors (Lipinski definition) is 2. The first-order chi connectivity index (χ1) is 6.20. The molecule has 1 aromatic carbocycles. The van der Waals surface area contributed by atoms with Crippen LogP contribution < -0.4 is 5.32 Å². The number of phenolic OH excluding ortho intramolecular Hbond substituents is 1. The number of hydrogen-bond donors (Lipinski definition) is 2. The van der Waals surface area contributed by atoms with Gasteiger partial charge in [0.1, 0.15) is 5.75 Å². The van der Waals surface area contributed by atoms with E-state index in [0.29, 0.717) is 5.75 Å². The lowest BCUT2D eigenvalue weighted by molar-refractivity contribution is 0.438. The lowest BCUT2D eigenvalue weighted by Crippen LogP contribution is -2.27. The van der Waals surface area contributed by atoms with Crippen LogP contribution in [0.2, 0.25) is 0 Å². The first kappa shape index (κ1) is 8.57. The SMILES string of the molecule is Cc1ccc2c(c1O)C(C)NCC2. The first-order valence-corrected chi connectivity index (χ1v) is 4.75. The van der Waals surface area contributed by atoms with E-state index in [0.717, 1.165) is 24.1 Å². The molecule has 1 aliphatic rings. The Morgan fingerprint density at radius 1 is 1.46 bits per heavy atom. The Hall–Kier alpha value is -1.02. The van der Waals surface area contributed by atoms with Crippen LogP contribution in [0.15, 0.2) is 12.1 Å². The predicted octanol–water partition coefficient (Wildman–Crippen LogP) is 1.91. The van der Waals surface area contributed by atoms with Crippen molar-refractivity contribution in [3.05, 3.63) is 28.8 Å². The van der Waals surface area contributed by atoms with E-state index in [9.17, 15) is 5.11 Å². The molecule has 1 heterocycles. The van der Waals surface area contributed by atoms with Crippen molar-refractivity contribution in [1.82, 2.24) is 5.32 Å². The molecular formula is C11H15NO. The lowest BCUT2D eigenvalue weighted by Gasteiger charge is -2.25. The van der Waals surface area contributed by atoms with Gasteiger partial charge in [-0.05, 0) is 37.9 Å². The van der Waals surface area contributed by atoms with Crippen molar-refractivity contribution in [3.63, 3.8) is 0 Å². The van der Waals surface area contributed by atoms with E-state index in [1.165, 1.54) is 5.56 Å². The summed E-state index contributed by atoms with van der Waals surface area (Å²) >= 11 is 0. The lowest BCUT2D eigenvalue weighted by atomic mass is 9.92. The van der Waals surface area contributed by atoms with E-state index in [4.69, 9.17) is 0 Å². The number of benzene rings is 1. The van der Waals surface area contributed by atoms with Crippen LogP contribution in [0.3, 0.4) is 0 Å². The van der Waals surface area contributed by atoms with E-state index < -0.39 is 0 Å². The van der Waals surface area contributed by atoms with Gasteiger partial charge in [0, 0.05) is 11.6 Å². The van der Waals surface area contributed by atoms with Crippen LogP contribution in [-0.2, 0) is 6.42 Å². The van der Waals surface area contributed by atoms with Crippen molar-refractivity contribution < 1.29 is 5.11 Å². The van der Waals surface area contributed by atoms with Crippen molar-refractivity contribution in [2.24, 2.45) is 0 Å². The molecule has 0 aliphatic carbocycles. The summed E-state index contributed by atoms with van der Waals surface area (Å²) in [4.78, 5) is 0. The molecule has 1 unspecified atom stereocenters. The molecule has 2 rings (SSSR count). The molecule has 2 N–H and O–H groups in total. The highest BCUT2D eigenvalue weighted by Gasteiger charge is 2.19. The van der Waals surface area contributed by atoms with Gasteiger partial charge in [0.2, 0.25) is 0 Å². The largest absolute Gasteiger partial charge is 0.507 e. The minimum absolute atomic E-state index is 0.281. The molecule has 0 bridgehead atoms. The monoisotopic (exact) mass is 177 g/mol. The fourth-order valence-corrected chi connectivity index (χ4v) is 1.99. The average Bonchev–Trinajstić information content (AvgIpc) is 2.12. The van der Waals surface area contributed by atoms with Crippen molar-refractivity contribution >= 4 is 0 Å². The van der Waals surface area contributed by atoms with Crippen LogP contribution >= 0.6 is 0 Å². The second-order valence-corrected chi connectivity index (χ2v) is 3.73. The van der Waals surface area contributed by atoms with Crippen LogP contribution in [-0.4, -0.2) is 11.7 Å². The third kappa shape index (κ3) is 1.31. The summed E-state index contributed by atoms with van der Waals surface area (Å²) in [6.07, 6.45) is 1.02. The highest BCUT2D eigenvalue weighted by molar-refractivity contribution is 5.47. The molecule has 0 aromatic heterocycles. The third-order valence-electron chi connectivity index (χ3n) is 2.79. The number of aromatic hydroxyl groups is 1. The molecule has 0 spiro atoms. The average molecular weight is 177 g/mol. The highest BCUT2D eigenvalue weighted by Crippen LogP contribution is 2.33. The molecule has 13 heavy (non-hydrogen) atoms. The molecule has 1 aromatic rings. The normalized spacial score (nSPS) is 21.2. The second kappa shape index (κ2) is 3.04.